The Labute approximate surface area is 149 Å². The Balaban J connectivity index is 2.21. The summed E-state index contributed by atoms with van der Waals surface area (Å²) in [6.45, 7) is -2.62. The van der Waals surface area contributed by atoms with Crippen LogP contribution in [0.15, 0.2) is 0 Å². The fourth-order valence-corrected chi connectivity index (χ4v) is 2.87. The first-order chi connectivity index (χ1) is 12.6. The first-order valence-electron chi connectivity index (χ1n) is 8.48. The van der Waals surface area contributed by atoms with Crippen LogP contribution in [0.2, 0.25) is 0 Å². The number of rotatable bonds is 5. The molecule has 0 aliphatic carbocycles. The average Bonchev–Trinajstić information content (AvgIpc) is 2.67. The molecule has 0 spiro atoms. The van der Waals surface area contributed by atoms with E-state index in [9.17, 15) is 40.5 Å². The highest BCUT2D eigenvalue weighted by molar-refractivity contribution is 5.84. The SMILES string of the molecule is [2H]CC(=O)C1(O)O[C@H](CO)[C@@H](O[C@@H]2O[C@H](CO)[C@H](O)[C@H](O)[C@H]2O)[C@H](O)[C@H]1O. The molecule has 152 valence electrons. The van der Waals surface area contributed by atoms with Crippen LogP contribution in [-0.4, -0.2) is 121 Å². The third-order valence-electron chi connectivity index (χ3n) is 4.48. The molecule has 0 radical (unpaired) electrons. The van der Waals surface area contributed by atoms with Gasteiger partial charge in [-0.1, -0.05) is 0 Å². The second-order valence-corrected chi connectivity index (χ2v) is 6.19. The van der Waals surface area contributed by atoms with Crippen molar-refractivity contribution in [1.29, 1.82) is 0 Å². The maximum absolute atomic E-state index is 11.7. The van der Waals surface area contributed by atoms with Crippen molar-refractivity contribution in [3.05, 3.63) is 0 Å². The Hall–Kier alpha value is -0.770. The molecule has 2 heterocycles. The maximum atomic E-state index is 11.7. The lowest BCUT2D eigenvalue weighted by Crippen LogP contribution is -2.69. The Morgan fingerprint density at radius 2 is 1.65 bits per heavy atom. The molecule has 2 aliphatic heterocycles. The molecule has 0 saturated carbocycles. The Morgan fingerprint density at radius 3 is 2.19 bits per heavy atom. The highest BCUT2D eigenvalue weighted by Crippen LogP contribution is 2.33. The summed E-state index contributed by atoms with van der Waals surface area (Å²) < 4.78 is 22.3. The van der Waals surface area contributed by atoms with E-state index in [0.717, 1.165) is 0 Å². The monoisotopic (exact) mass is 385 g/mol. The average molecular weight is 385 g/mol. The first-order valence-corrected chi connectivity index (χ1v) is 7.78. The van der Waals surface area contributed by atoms with Crippen LogP contribution in [-0.2, 0) is 19.0 Å². The van der Waals surface area contributed by atoms with Gasteiger partial charge in [0, 0.05) is 8.27 Å². The van der Waals surface area contributed by atoms with Crippen molar-refractivity contribution in [2.75, 3.05) is 13.2 Å². The van der Waals surface area contributed by atoms with Gasteiger partial charge in [-0.15, -0.1) is 0 Å². The van der Waals surface area contributed by atoms with Gasteiger partial charge in [0.1, 0.15) is 48.8 Å². The van der Waals surface area contributed by atoms with Gasteiger partial charge in [0.05, 0.1) is 13.2 Å². The fraction of sp³-hybridized carbons (Fsp3) is 0.929. The summed E-state index contributed by atoms with van der Waals surface area (Å²) in [6, 6.07) is 0. The van der Waals surface area contributed by atoms with Crippen LogP contribution in [0.25, 0.3) is 0 Å². The molecular weight excluding hydrogens is 360 g/mol. The number of hydrogen-bond donors (Lipinski definition) is 8. The number of hydrogen-bond acceptors (Lipinski definition) is 12. The normalized spacial score (nSPS) is 50.3. The van der Waals surface area contributed by atoms with Crippen LogP contribution in [0.3, 0.4) is 0 Å². The largest absolute Gasteiger partial charge is 0.394 e. The molecule has 2 rings (SSSR count). The van der Waals surface area contributed by atoms with Gasteiger partial charge in [-0.05, 0) is 0 Å². The predicted octanol–water partition coefficient (Wildman–Crippen LogP) is -5.44. The zero-order valence-corrected chi connectivity index (χ0v) is 13.5. The Morgan fingerprint density at radius 1 is 1.04 bits per heavy atom. The van der Waals surface area contributed by atoms with Crippen LogP contribution in [0, 0.1) is 0 Å². The molecule has 8 N–H and O–H groups in total. The Bertz CT molecular complexity index is 518. The van der Waals surface area contributed by atoms with E-state index < -0.39 is 86.8 Å². The summed E-state index contributed by atoms with van der Waals surface area (Å²) in [5.41, 5.74) is 0. The fourth-order valence-electron chi connectivity index (χ4n) is 2.87. The summed E-state index contributed by atoms with van der Waals surface area (Å²) in [5.74, 6) is -4.22. The van der Waals surface area contributed by atoms with Gasteiger partial charge in [0.25, 0.3) is 5.79 Å². The molecule has 2 saturated heterocycles. The number of carbonyl (C=O) groups is 1. The van der Waals surface area contributed by atoms with Gasteiger partial charge in [0.2, 0.25) is 0 Å². The van der Waals surface area contributed by atoms with Crippen molar-refractivity contribution >= 4 is 5.78 Å². The van der Waals surface area contributed by atoms with Crippen LogP contribution in [0.4, 0.5) is 0 Å². The highest BCUT2D eigenvalue weighted by Gasteiger charge is 2.57. The van der Waals surface area contributed by atoms with Gasteiger partial charge in [-0.3, -0.25) is 4.79 Å². The summed E-state index contributed by atoms with van der Waals surface area (Å²) in [4.78, 5) is 11.7. The zero-order valence-electron chi connectivity index (χ0n) is 14.5. The van der Waals surface area contributed by atoms with E-state index in [-0.39, 0.29) is 0 Å². The van der Waals surface area contributed by atoms with Crippen molar-refractivity contribution in [3.63, 3.8) is 0 Å². The Kier molecular flexibility index (Phi) is 6.21. The summed E-state index contributed by atoms with van der Waals surface area (Å²) >= 11 is 0. The lowest BCUT2D eigenvalue weighted by molar-refractivity contribution is -0.372. The van der Waals surface area contributed by atoms with E-state index in [1.54, 1.807) is 0 Å². The minimum absolute atomic E-state index is 0.738. The van der Waals surface area contributed by atoms with Gasteiger partial charge < -0.3 is 55.1 Å². The highest BCUT2D eigenvalue weighted by atomic mass is 16.7. The predicted molar refractivity (Wildman–Crippen MR) is 78.2 cm³/mol. The number of ketones is 1. The quantitative estimate of drug-likeness (QED) is 0.223. The van der Waals surface area contributed by atoms with E-state index in [2.05, 4.69) is 0 Å². The maximum Gasteiger partial charge on any atom is 0.256 e. The summed E-state index contributed by atoms with van der Waals surface area (Å²) in [7, 11) is 0. The molecule has 0 aromatic heterocycles. The molecule has 2 fully saturated rings. The second-order valence-electron chi connectivity index (χ2n) is 6.19. The topological polar surface area (TPSA) is 207 Å². The summed E-state index contributed by atoms with van der Waals surface area (Å²) in [5, 5.41) is 78.5. The van der Waals surface area contributed by atoms with Gasteiger partial charge in [-0.2, -0.15) is 0 Å². The van der Waals surface area contributed by atoms with E-state index in [0.29, 0.717) is 0 Å². The number of ether oxygens (including phenoxy) is 3. The van der Waals surface area contributed by atoms with E-state index in [4.69, 9.17) is 20.7 Å². The molecular formula is C14H24O12. The third-order valence-corrected chi connectivity index (χ3v) is 4.48. The number of aliphatic hydroxyl groups excluding tert-OH is 7. The first kappa shape index (κ1) is 20.0. The number of aliphatic hydroxyl groups is 8. The van der Waals surface area contributed by atoms with Gasteiger partial charge in [0.15, 0.2) is 12.1 Å². The van der Waals surface area contributed by atoms with Crippen molar-refractivity contribution in [1.82, 2.24) is 0 Å². The van der Waals surface area contributed by atoms with Gasteiger partial charge in [-0.25, -0.2) is 0 Å². The number of Topliss-reactive ketones (excluding diaryl/α,β-unsaturated/α-hetero) is 1. The van der Waals surface area contributed by atoms with Crippen LogP contribution >= 0.6 is 0 Å². The molecule has 12 heteroatoms. The molecule has 10 atom stereocenters. The minimum Gasteiger partial charge on any atom is -0.394 e. The smallest absolute Gasteiger partial charge is 0.256 e. The minimum atomic E-state index is -2.95. The third kappa shape index (κ3) is 3.63. The molecule has 0 amide bonds. The zero-order chi connectivity index (χ0) is 20.5. The van der Waals surface area contributed by atoms with Crippen LogP contribution in [0.1, 0.15) is 8.27 Å². The lowest BCUT2D eigenvalue weighted by atomic mass is 9.90. The van der Waals surface area contributed by atoms with E-state index in [1.165, 1.54) is 0 Å². The van der Waals surface area contributed by atoms with Crippen molar-refractivity contribution in [2.45, 2.75) is 67.8 Å². The summed E-state index contributed by atoms with van der Waals surface area (Å²) in [6.07, 6.45) is -15.8. The second kappa shape index (κ2) is 8.08. The van der Waals surface area contributed by atoms with Crippen molar-refractivity contribution in [3.8, 4) is 0 Å². The molecule has 26 heavy (non-hydrogen) atoms. The van der Waals surface area contributed by atoms with Crippen molar-refractivity contribution in [2.24, 2.45) is 0 Å². The van der Waals surface area contributed by atoms with Crippen LogP contribution < -0.4 is 0 Å². The molecule has 2 aliphatic rings. The lowest BCUT2D eigenvalue weighted by Gasteiger charge is -2.48. The molecule has 12 nitrogen and oxygen atoms in total. The molecule has 0 aromatic carbocycles. The molecule has 1 unspecified atom stereocenters. The van der Waals surface area contributed by atoms with Crippen LogP contribution in [0.5, 0.6) is 0 Å². The molecule has 0 aromatic rings. The van der Waals surface area contributed by atoms with E-state index >= 15 is 0 Å². The van der Waals surface area contributed by atoms with Gasteiger partial charge >= 0.3 is 0 Å². The standard InChI is InChI=1S/C14H24O12/c1-4(17)14(23)12(22)10(21)11(6(3-16)26-14)25-13-9(20)8(19)7(18)5(2-15)24-13/h5-13,15-16,18-23H,2-3H2,1H3/t5-,6-,7+,8+,9-,10+,11-,12-,13+,14?/m1/s1/i1D. The molecule has 0 bridgehead atoms. The van der Waals surface area contributed by atoms with Crippen molar-refractivity contribution < 1.29 is 61.2 Å². The number of carbonyl (C=O) groups excluding carboxylic acids is 1. The van der Waals surface area contributed by atoms with E-state index in [1.807, 2.05) is 0 Å².